The van der Waals surface area contributed by atoms with E-state index in [-0.39, 0.29) is 11.6 Å². The molecule has 0 saturated heterocycles. The predicted octanol–water partition coefficient (Wildman–Crippen LogP) is 2.41. The molecule has 0 amide bonds. The molecule has 0 unspecified atom stereocenters. The van der Waals surface area contributed by atoms with Gasteiger partial charge < -0.3 is 10.3 Å². The highest BCUT2D eigenvalue weighted by Gasteiger charge is 2.16. The van der Waals surface area contributed by atoms with E-state index in [4.69, 9.17) is 10.3 Å². The number of thioether (sulfide) groups is 1. The number of para-hydroxylation sites is 1. The fourth-order valence-electron chi connectivity index (χ4n) is 1.58. The quantitative estimate of drug-likeness (QED) is 0.624. The summed E-state index contributed by atoms with van der Waals surface area (Å²) >= 11 is 1.40. The summed E-state index contributed by atoms with van der Waals surface area (Å²) in [5.41, 5.74) is 7.81. The fraction of sp³-hybridized carbons (Fsp3) is 0.308. The Morgan fingerprint density at radius 2 is 2.05 bits per heavy atom. The Bertz CT molecular complexity index is 726. The molecule has 0 aliphatic carbocycles. The second-order valence-electron chi connectivity index (χ2n) is 4.53. The molecule has 3 N–H and O–H groups in total. The number of hydrogen-bond donors (Lipinski definition) is 2. The van der Waals surface area contributed by atoms with Crippen LogP contribution in [0.4, 0.5) is 11.6 Å². The number of aromatic nitrogens is 1. The van der Waals surface area contributed by atoms with E-state index in [1.54, 1.807) is 19.9 Å². The Morgan fingerprint density at radius 1 is 1.33 bits per heavy atom. The van der Waals surface area contributed by atoms with Gasteiger partial charge in [-0.2, -0.15) is 0 Å². The highest BCUT2D eigenvalue weighted by molar-refractivity contribution is 8.01. The van der Waals surface area contributed by atoms with Crippen molar-refractivity contribution in [3.63, 3.8) is 0 Å². The van der Waals surface area contributed by atoms with Crippen molar-refractivity contribution in [1.29, 1.82) is 0 Å². The Balaban J connectivity index is 1.93. The first-order chi connectivity index (χ1) is 9.89. The minimum atomic E-state index is -3.47. The minimum absolute atomic E-state index is 0.0365. The number of aryl methyl sites for hydroxylation is 1. The summed E-state index contributed by atoms with van der Waals surface area (Å²) < 4.78 is 31.3. The summed E-state index contributed by atoms with van der Waals surface area (Å²) in [5, 5.41) is 3.72. The predicted molar refractivity (Wildman–Crippen MR) is 85.0 cm³/mol. The lowest BCUT2D eigenvalue weighted by molar-refractivity contribution is 0.430. The van der Waals surface area contributed by atoms with Crippen LogP contribution >= 0.6 is 11.8 Å². The molecule has 2 rings (SSSR count). The molecule has 8 heteroatoms. The Morgan fingerprint density at radius 3 is 2.67 bits per heavy atom. The van der Waals surface area contributed by atoms with Crippen LogP contribution in [0.1, 0.15) is 11.3 Å². The first kappa shape index (κ1) is 15.7. The molecular formula is C13H17N3O3S2. The van der Waals surface area contributed by atoms with Crippen molar-refractivity contribution < 1.29 is 12.9 Å². The number of nitrogens with zero attached hydrogens (tertiary/aromatic N) is 1. The van der Waals surface area contributed by atoms with Gasteiger partial charge in [0.05, 0.1) is 11.4 Å². The van der Waals surface area contributed by atoms with Gasteiger partial charge in [-0.3, -0.25) is 4.72 Å². The molecule has 0 radical (unpaired) electrons. The van der Waals surface area contributed by atoms with E-state index in [9.17, 15) is 8.42 Å². The zero-order valence-electron chi connectivity index (χ0n) is 11.8. The largest absolute Gasteiger partial charge is 0.398 e. The van der Waals surface area contributed by atoms with Gasteiger partial charge in [-0.25, -0.2) is 8.42 Å². The van der Waals surface area contributed by atoms with Gasteiger partial charge in [0.1, 0.15) is 0 Å². The van der Waals surface area contributed by atoms with Gasteiger partial charge >= 0.3 is 0 Å². The molecule has 2 aromatic rings. The molecule has 0 saturated carbocycles. The van der Waals surface area contributed by atoms with Gasteiger partial charge in [0.15, 0.2) is 0 Å². The fourth-order valence-corrected chi connectivity index (χ4v) is 3.99. The zero-order chi connectivity index (χ0) is 15.5. The van der Waals surface area contributed by atoms with Gasteiger partial charge in [0.2, 0.25) is 15.9 Å². The lowest BCUT2D eigenvalue weighted by Crippen LogP contribution is -2.18. The van der Waals surface area contributed by atoms with Crippen molar-refractivity contribution in [1.82, 2.24) is 5.16 Å². The van der Waals surface area contributed by atoms with Gasteiger partial charge in [-0.15, -0.1) is 11.8 Å². The number of nitrogens with two attached hydrogens (primary N) is 1. The van der Waals surface area contributed by atoms with E-state index in [1.807, 2.05) is 18.2 Å². The number of benzene rings is 1. The Hall–Kier alpha value is -1.67. The van der Waals surface area contributed by atoms with E-state index in [0.717, 1.165) is 4.90 Å². The number of anilines is 2. The Kier molecular flexibility index (Phi) is 4.79. The van der Waals surface area contributed by atoms with Crippen molar-refractivity contribution in [2.75, 3.05) is 22.0 Å². The average Bonchev–Trinajstić information content (AvgIpc) is 2.72. The zero-order valence-corrected chi connectivity index (χ0v) is 13.4. The highest BCUT2D eigenvalue weighted by atomic mass is 32.2. The van der Waals surface area contributed by atoms with Crippen molar-refractivity contribution >= 4 is 33.4 Å². The second kappa shape index (κ2) is 6.40. The summed E-state index contributed by atoms with van der Waals surface area (Å²) in [6, 6.07) is 7.36. The number of rotatable bonds is 6. The normalized spacial score (nSPS) is 11.5. The molecule has 0 spiro atoms. The third-order valence-electron chi connectivity index (χ3n) is 2.93. The summed E-state index contributed by atoms with van der Waals surface area (Å²) in [6.07, 6.45) is 0. The van der Waals surface area contributed by atoms with Crippen LogP contribution in [0.5, 0.6) is 0 Å². The SMILES string of the molecule is Cc1noc(NS(=O)(=O)CCSc2ccccc2N)c1C. The lowest BCUT2D eigenvalue weighted by Gasteiger charge is -2.07. The average molecular weight is 327 g/mol. The van der Waals surface area contributed by atoms with Gasteiger partial charge in [-0.1, -0.05) is 17.3 Å². The van der Waals surface area contributed by atoms with E-state index >= 15 is 0 Å². The maximum Gasteiger partial charge on any atom is 0.241 e. The van der Waals surface area contributed by atoms with Crippen molar-refractivity contribution in [2.24, 2.45) is 0 Å². The van der Waals surface area contributed by atoms with E-state index < -0.39 is 10.0 Å². The molecule has 114 valence electrons. The van der Waals surface area contributed by atoms with Gasteiger partial charge in [-0.05, 0) is 26.0 Å². The summed E-state index contributed by atoms with van der Waals surface area (Å²) in [4.78, 5) is 0.874. The first-order valence-corrected chi connectivity index (χ1v) is 8.93. The maximum atomic E-state index is 12.0. The molecule has 0 atom stereocenters. The maximum absolute atomic E-state index is 12.0. The second-order valence-corrected chi connectivity index (χ2v) is 7.51. The summed E-state index contributed by atoms with van der Waals surface area (Å²) in [6.45, 7) is 3.51. The minimum Gasteiger partial charge on any atom is -0.398 e. The van der Waals surface area contributed by atoms with Crippen LogP contribution in [0.3, 0.4) is 0 Å². The van der Waals surface area contributed by atoms with Crippen molar-refractivity contribution in [2.45, 2.75) is 18.7 Å². The molecule has 6 nitrogen and oxygen atoms in total. The molecule has 0 bridgehead atoms. The lowest BCUT2D eigenvalue weighted by atomic mass is 10.3. The third-order valence-corrected chi connectivity index (χ3v) is 5.52. The summed E-state index contributed by atoms with van der Waals surface area (Å²) in [7, 11) is -3.47. The van der Waals surface area contributed by atoms with Crippen LogP contribution in [0.25, 0.3) is 0 Å². The number of nitrogen functional groups attached to an aromatic ring is 1. The van der Waals surface area contributed by atoms with Gasteiger partial charge in [0.25, 0.3) is 0 Å². The molecule has 1 aromatic carbocycles. The smallest absolute Gasteiger partial charge is 0.241 e. The van der Waals surface area contributed by atoms with Crippen LogP contribution in [0, 0.1) is 13.8 Å². The van der Waals surface area contributed by atoms with Crippen molar-refractivity contribution in [3.8, 4) is 0 Å². The van der Waals surface area contributed by atoms with Gasteiger partial charge in [0, 0.05) is 21.9 Å². The molecule has 0 fully saturated rings. The van der Waals surface area contributed by atoms with Crippen molar-refractivity contribution in [3.05, 3.63) is 35.5 Å². The number of nitrogens with one attached hydrogen (secondary N) is 1. The van der Waals surface area contributed by atoms with Crippen LogP contribution in [-0.2, 0) is 10.0 Å². The molecule has 0 aliphatic heterocycles. The van der Waals surface area contributed by atoms with Crippen LogP contribution in [0.2, 0.25) is 0 Å². The molecule has 0 aliphatic rings. The first-order valence-electron chi connectivity index (χ1n) is 6.30. The molecule has 1 heterocycles. The number of hydrogen-bond acceptors (Lipinski definition) is 6. The third kappa shape index (κ3) is 4.15. The monoisotopic (exact) mass is 327 g/mol. The molecule has 21 heavy (non-hydrogen) atoms. The topological polar surface area (TPSA) is 98.2 Å². The van der Waals surface area contributed by atoms with E-state index in [0.29, 0.717) is 22.7 Å². The molecule has 1 aromatic heterocycles. The number of sulfonamides is 1. The summed E-state index contributed by atoms with van der Waals surface area (Å²) in [5.74, 6) is 0.540. The van der Waals surface area contributed by atoms with E-state index in [1.165, 1.54) is 11.8 Å². The van der Waals surface area contributed by atoms with Crippen LogP contribution in [-0.4, -0.2) is 25.1 Å². The Labute approximate surface area is 128 Å². The van der Waals surface area contributed by atoms with E-state index in [2.05, 4.69) is 9.88 Å². The highest BCUT2D eigenvalue weighted by Crippen LogP contribution is 2.25. The van der Waals surface area contributed by atoms with Crippen LogP contribution < -0.4 is 10.5 Å². The standard InChI is InChI=1S/C13H17N3O3S2/c1-9-10(2)15-19-13(9)16-21(17,18)8-7-20-12-6-4-3-5-11(12)14/h3-6,16H,7-8,14H2,1-2H3. The molecular weight excluding hydrogens is 310 g/mol. The van der Waals surface area contributed by atoms with Crippen LogP contribution in [0.15, 0.2) is 33.7 Å².